The highest BCUT2D eigenvalue weighted by Gasteiger charge is 2.52. The van der Waals surface area contributed by atoms with Gasteiger partial charge in [0.2, 0.25) is 11.8 Å². The standard InChI is InChI=1S/C37H59N5O7/c1-6-11-28(32(45)35(48)39-24-16-17-24)40-34(47)31-25-15-10-14-23(25)20-42(31)36(49)26(37(3,4)5)19-29(44)30(22-12-8-7-9-13-22)41-33(46)27(38)18-21(2)43/h18,22-26,28,30-32,45H,6-17,19-20,38H2,1-5H3,(H,39,48)(H,40,47)(H,41,46)/t23-,25-,26+,28-,30-,31-,32?/m0/s1. The van der Waals surface area contributed by atoms with Crippen molar-refractivity contribution in [1.29, 1.82) is 0 Å². The molecular weight excluding hydrogens is 626 g/mol. The van der Waals surface area contributed by atoms with Gasteiger partial charge in [0.1, 0.15) is 11.7 Å². The Bertz CT molecular complexity index is 1280. The number of ketones is 2. The van der Waals surface area contributed by atoms with Crippen molar-refractivity contribution in [1.82, 2.24) is 20.9 Å². The first-order chi connectivity index (χ1) is 23.1. The zero-order valence-electron chi connectivity index (χ0n) is 30.1. The fourth-order valence-corrected chi connectivity index (χ4v) is 8.18. The zero-order chi connectivity index (χ0) is 36.0. The minimum absolute atomic E-state index is 0.0507. The molecule has 274 valence electrons. The minimum Gasteiger partial charge on any atom is -0.394 e. The van der Waals surface area contributed by atoms with Crippen molar-refractivity contribution < 1.29 is 33.9 Å². The maximum Gasteiger partial charge on any atom is 0.267 e. The van der Waals surface area contributed by atoms with Crippen LogP contribution in [0.2, 0.25) is 0 Å². The highest BCUT2D eigenvalue weighted by atomic mass is 16.3. The van der Waals surface area contributed by atoms with E-state index in [0.717, 1.165) is 70.3 Å². The van der Waals surface area contributed by atoms with Crippen molar-refractivity contribution in [2.45, 2.75) is 148 Å². The van der Waals surface area contributed by atoms with Crippen LogP contribution in [0.3, 0.4) is 0 Å². The maximum absolute atomic E-state index is 14.6. The summed E-state index contributed by atoms with van der Waals surface area (Å²) in [5.74, 6) is -3.27. The van der Waals surface area contributed by atoms with E-state index in [1.54, 1.807) is 4.90 Å². The topological polar surface area (TPSA) is 188 Å². The summed E-state index contributed by atoms with van der Waals surface area (Å²) < 4.78 is 0. The van der Waals surface area contributed by atoms with Gasteiger partial charge in [-0.1, -0.05) is 59.8 Å². The summed E-state index contributed by atoms with van der Waals surface area (Å²) in [6, 6.07) is -2.36. The number of nitrogens with zero attached hydrogens (tertiary/aromatic N) is 1. The van der Waals surface area contributed by atoms with Crippen molar-refractivity contribution in [2.75, 3.05) is 6.54 Å². The first kappa shape index (κ1) is 38.5. The molecule has 4 amide bonds. The molecule has 0 aromatic rings. The van der Waals surface area contributed by atoms with E-state index >= 15 is 0 Å². The Balaban J connectivity index is 1.56. The van der Waals surface area contributed by atoms with Gasteiger partial charge in [-0.15, -0.1) is 0 Å². The number of allylic oxidation sites excluding steroid dienone is 1. The number of likely N-dealkylation sites (tertiary alicyclic amines) is 1. The third-order valence-electron chi connectivity index (χ3n) is 11.1. The highest BCUT2D eigenvalue weighted by Crippen LogP contribution is 2.44. The molecule has 4 fully saturated rings. The number of nitrogens with one attached hydrogen (secondary N) is 3. The second-order valence-electron chi connectivity index (χ2n) is 16.1. The van der Waals surface area contributed by atoms with E-state index in [2.05, 4.69) is 16.0 Å². The molecule has 0 radical (unpaired) electrons. The fourth-order valence-electron chi connectivity index (χ4n) is 8.18. The van der Waals surface area contributed by atoms with Gasteiger partial charge in [0, 0.05) is 31.0 Å². The number of rotatable bonds is 15. The maximum atomic E-state index is 14.6. The van der Waals surface area contributed by atoms with Crippen LogP contribution >= 0.6 is 0 Å². The predicted molar refractivity (Wildman–Crippen MR) is 184 cm³/mol. The van der Waals surface area contributed by atoms with Crippen LogP contribution in [0.1, 0.15) is 118 Å². The molecule has 0 aromatic heterocycles. The normalized spacial score (nSPS) is 25.5. The molecule has 7 atom stereocenters. The molecule has 1 aliphatic heterocycles. The van der Waals surface area contributed by atoms with Gasteiger partial charge in [0.25, 0.3) is 11.8 Å². The van der Waals surface area contributed by atoms with Gasteiger partial charge >= 0.3 is 0 Å². The van der Waals surface area contributed by atoms with E-state index < -0.39 is 47.4 Å². The van der Waals surface area contributed by atoms with Gasteiger partial charge in [-0.3, -0.25) is 28.8 Å². The first-order valence-electron chi connectivity index (χ1n) is 18.5. The summed E-state index contributed by atoms with van der Waals surface area (Å²) in [6.07, 6.45) is 9.35. The van der Waals surface area contributed by atoms with Gasteiger partial charge in [0.05, 0.1) is 12.1 Å². The molecule has 6 N–H and O–H groups in total. The quantitative estimate of drug-likeness (QED) is 0.163. The zero-order valence-corrected chi connectivity index (χ0v) is 30.1. The molecule has 12 heteroatoms. The van der Waals surface area contributed by atoms with E-state index in [9.17, 15) is 33.9 Å². The summed E-state index contributed by atoms with van der Waals surface area (Å²) >= 11 is 0. The number of carbonyl (C=O) groups is 6. The lowest BCUT2D eigenvalue weighted by Gasteiger charge is -2.37. The third-order valence-corrected chi connectivity index (χ3v) is 11.1. The second kappa shape index (κ2) is 16.6. The Morgan fingerprint density at radius 1 is 0.939 bits per heavy atom. The Hall–Kier alpha value is -3.28. The van der Waals surface area contributed by atoms with Crippen LogP contribution in [0.15, 0.2) is 11.8 Å². The van der Waals surface area contributed by atoms with Crippen LogP contribution in [-0.2, 0) is 28.8 Å². The minimum atomic E-state index is -1.40. The Kier molecular flexibility index (Phi) is 13.1. The molecule has 3 aliphatic carbocycles. The first-order valence-corrected chi connectivity index (χ1v) is 18.5. The monoisotopic (exact) mass is 685 g/mol. The predicted octanol–water partition coefficient (Wildman–Crippen LogP) is 2.66. The molecule has 4 rings (SSSR count). The number of carbonyl (C=O) groups excluding carboxylic acids is 6. The summed E-state index contributed by atoms with van der Waals surface area (Å²) in [6.45, 7) is 9.33. The molecule has 12 nitrogen and oxygen atoms in total. The Morgan fingerprint density at radius 3 is 2.20 bits per heavy atom. The lowest BCUT2D eigenvalue weighted by atomic mass is 9.74. The number of aliphatic hydroxyl groups excluding tert-OH is 1. The lowest BCUT2D eigenvalue weighted by Crippen LogP contribution is -2.57. The Labute approximate surface area is 291 Å². The van der Waals surface area contributed by atoms with Crippen molar-refractivity contribution in [3.63, 3.8) is 0 Å². The molecule has 1 unspecified atom stereocenters. The average Bonchev–Trinajstić information content (AvgIpc) is 3.61. The number of hydrogen-bond acceptors (Lipinski definition) is 8. The molecule has 0 spiro atoms. The number of Topliss-reactive ketones (excluding diaryl/α,β-unsaturated/α-hetero) is 1. The van der Waals surface area contributed by atoms with Crippen LogP contribution in [0.5, 0.6) is 0 Å². The summed E-state index contributed by atoms with van der Waals surface area (Å²) in [4.78, 5) is 81.9. The van der Waals surface area contributed by atoms with E-state index in [1.807, 2.05) is 27.7 Å². The van der Waals surface area contributed by atoms with Gasteiger partial charge in [0.15, 0.2) is 17.7 Å². The molecule has 49 heavy (non-hydrogen) atoms. The van der Waals surface area contributed by atoms with Crippen molar-refractivity contribution in [3.05, 3.63) is 11.8 Å². The van der Waals surface area contributed by atoms with Crippen molar-refractivity contribution in [2.24, 2.45) is 34.8 Å². The van der Waals surface area contributed by atoms with E-state index in [4.69, 9.17) is 5.73 Å². The molecule has 4 aliphatic rings. The second-order valence-corrected chi connectivity index (χ2v) is 16.1. The summed E-state index contributed by atoms with van der Waals surface area (Å²) in [5, 5.41) is 19.5. The molecule has 0 bridgehead atoms. The Morgan fingerprint density at radius 2 is 1.61 bits per heavy atom. The van der Waals surface area contributed by atoms with Crippen LogP contribution in [-0.4, -0.2) is 82.0 Å². The smallest absolute Gasteiger partial charge is 0.267 e. The van der Waals surface area contributed by atoms with Crippen LogP contribution in [0.4, 0.5) is 0 Å². The van der Waals surface area contributed by atoms with E-state index in [0.29, 0.717) is 19.4 Å². The van der Waals surface area contributed by atoms with Crippen LogP contribution in [0, 0.1) is 29.1 Å². The number of fused-ring (bicyclic) bond motifs is 1. The molecule has 3 saturated carbocycles. The number of hydrogen-bond donors (Lipinski definition) is 5. The molecule has 1 heterocycles. The van der Waals surface area contributed by atoms with Gasteiger partial charge in [-0.25, -0.2) is 0 Å². The number of nitrogens with two attached hydrogens (primary N) is 1. The number of amides is 4. The lowest BCUT2D eigenvalue weighted by molar-refractivity contribution is -0.148. The highest BCUT2D eigenvalue weighted by molar-refractivity contribution is 6.02. The molecular formula is C37H59N5O7. The largest absolute Gasteiger partial charge is 0.394 e. The molecule has 0 aromatic carbocycles. The molecule has 1 saturated heterocycles. The summed E-state index contributed by atoms with van der Waals surface area (Å²) in [5.41, 5.74) is 4.96. The summed E-state index contributed by atoms with van der Waals surface area (Å²) in [7, 11) is 0. The SMILES string of the molecule is CCC[C@H](NC(=O)[C@@H]1[C@H]2CCC[C@H]2CN1C(=O)[C@@H](CC(=O)[C@@H](NC(=O)C(N)=CC(C)=O)C1CCCCC1)C(C)(C)C)C(O)C(=O)NC1CC1. The van der Waals surface area contributed by atoms with Gasteiger partial charge in [-0.05, 0) is 75.0 Å². The van der Waals surface area contributed by atoms with Gasteiger partial charge < -0.3 is 31.7 Å². The average molecular weight is 686 g/mol. The van der Waals surface area contributed by atoms with Crippen molar-refractivity contribution in [3.8, 4) is 0 Å². The van der Waals surface area contributed by atoms with Gasteiger partial charge in [-0.2, -0.15) is 0 Å². The van der Waals surface area contributed by atoms with Crippen molar-refractivity contribution >= 4 is 35.2 Å². The van der Waals surface area contributed by atoms with E-state index in [1.165, 1.54) is 6.92 Å². The van der Waals surface area contributed by atoms with Crippen LogP contribution in [0.25, 0.3) is 0 Å². The third kappa shape index (κ3) is 9.92. The number of aliphatic hydroxyl groups is 1. The van der Waals surface area contributed by atoms with E-state index in [-0.39, 0.29) is 59.3 Å². The fraction of sp³-hybridized carbons (Fsp3) is 0.784. The van der Waals surface area contributed by atoms with Crippen LogP contribution < -0.4 is 21.7 Å².